The van der Waals surface area contributed by atoms with Crippen molar-refractivity contribution in [2.75, 3.05) is 0 Å². The molecule has 0 saturated carbocycles. The van der Waals surface area contributed by atoms with Crippen LogP contribution in [0.2, 0.25) is 0 Å². The average Bonchev–Trinajstić information content (AvgIpc) is 1.67. The van der Waals surface area contributed by atoms with Crippen molar-refractivity contribution in [2.45, 2.75) is 25.5 Å². The minimum absolute atomic E-state index is 0.408. The number of hydrogen-bond donors (Lipinski definition) is 0. The summed E-state index contributed by atoms with van der Waals surface area (Å²) in [4.78, 5) is 0. The van der Waals surface area contributed by atoms with Gasteiger partial charge in [-0.2, -0.15) is 0 Å². The first-order chi connectivity index (χ1) is 3.62. The van der Waals surface area contributed by atoms with E-state index in [-0.39, 0.29) is 0 Å². The predicted octanol–water partition coefficient (Wildman–Crippen LogP) is 1.22. The summed E-state index contributed by atoms with van der Waals surface area (Å²) in [5.41, 5.74) is 0. The Hall–Kier alpha value is -0.420. The monoisotopic (exact) mass is 129 g/mol. The summed E-state index contributed by atoms with van der Waals surface area (Å²) in [6.45, 7) is 5.35. The molecule has 0 radical (unpaired) electrons. The van der Waals surface area contributed by atoms with Crippen LogP contribution in [-0.4, -0.2) is 4.75 Å². The van der Waals surface area contributed by atoms with Crippen LogP contribution in [0.25, 0.3) is 0 Å². The zero-order chi connectivity index (χ0) is 6.62. The van der Waals surface area contributed by atoms with Crippen molar-refractivity contribution < 1.29 is 4.21 Å². The highest BCUT2D eigenvalue weighted by Gasteiger charge is 2.28. The Morgan fingerprint density at radius 3 is 2.12 bits per heavy atom. The molecule has 2 heteroatoms. The second kappa shape index (κ2) is 2.78. The SMILES string of the molecule is CC#CC(C)(C)[S+]=O. The molecule has 8 heavy (non-hydrogen) atoms. The number of rotatable bonds is 1. The lowest BCUT2D eigenvalue weighted by Crippen LogP contribution is -2.13. The zero-order valence-corrected chi connectivity index (χ0v) is 6.13. The van der Waals surface area contributed by atoms with Gasteiger partial charge in [0.05, 0.1) is 0 Å². The van der Waals surface area contributed by atoms with Crippen molar-refractivity contribution >= 4 is 11.7 Å². The standard InChI is InChI=1S/C6H9OS/c1-4-5-6(2,3)8-7/h1-3H3/q+1. The Bertz CT molecular complexity index is 138. The van der Waals surface area contributed by atoms with Crippen LogP contribution in [0, 0.1) is 11.8 Å². The topological polar surface area (TPSA) is 17.1 Å². The molecule has 0 unspecified atom stereocenters. The number of hydrogen-bond acceptors (Lipinski definition) is 1. The summed E-state index contributed by atoms with van der Waals surface area (Å²) in [5.74, 6) is 5.46. The smallest absolute Gasteiger partial charge is 0.100 e. The molecule has 0 saturated heterocycles. The van der Waals surface area contributed by atoms with E-state index in [1.165, 1.54) is 0 Å². The third-order valence-electron chi connectivity index (χ3n) is 0.634. The van der Waals surface area contributed by atoms with E-state index in [0.717, 1.165) is 0 Å². The maximum absolute atomic E-state index is 10.2. The highest BCUT2D eigenvalue weighted by Crippen LogP contribution is 2.00. The minimum atomic E-state index is -0.408. The maximum atomic E-state index is 10.2. The lowest BCUT2D eigenvalue weighted by molar-refractivity contribution is 0.595. The van der Waals surface area contributed by atoms with Crippen molar-refractivity contribution in [3.8, 4) is 11.8 Å². The van der Waals surface area contributed by atoms with Crippen LogP contribution in [-0.2, 0) is 15.9 Å². The van der Waals surface area contributed by atoms with Crippen molar-refractivity contribution in [3.63, 3.8) is 0 Å². The zero-order valence-electron chi connectivity index (χ0n) is 5.32. The molecule has 0 amide bonds. The molecule has 0 N–H and O–H groups in total. The molecule has 0 fully saturated rings. The van der Waals surface area contributed by atoms with Gasteiger partial charge in [-0.1, -0.05) is 0 Å². The summed E-state index contributed by atoms with van der Waals surface area (Å²) >= 11 is 0.528. The second-order valence-electron chi connectivity index (χ2n) is 1.97. The van der Waals surface area contributed by atoms with E-state index in [1.54, 1.807) is 20.8 Å². The fourth-order valence-electron chi connectivity index (χ4n) is 0.322. The molecule has 0 atom stereocenters. The van der Waals surface area contributed by atoms with E-state index in [1.807, 2.05) is 0 Å². The Kier molecular flexibility index (Phi) is 2.64. The molecule has 44 valence electrons. The van der Waals surface area contributed by atoms with Crippen LogP contribution in [0.1, 0.15) is 20.8 Å². The van der Waals surface area contributed by atoms with Gasteiger partial charge < -0.3 is 0 Å². The van der Waals surface area contributed by atoms with Crippen molar-refractivity contribution in [3.05, 3.63) is 0 Å². The summed E-state index contributed by atoms with van der Waals surface area (Å²) < 4.78 is 9.75. The Balaban J connectivity index is 4.05. The molecule has 0 spiro atoms. The Morgan fingerprint density at radius 1 is 1.50 bits per heavy atom. The van der Waals surface area contributed by atoms with E-state index in [9.17, 15) is 4.21 Å². The molecule has 0 aliphatic rings. The summed E-state index contributed by atoms with van der Waals surface area (Å²) in [6, 6.07) is 0. The van der Waals surface area contributed by atoms with Crippen LogP contribution in [0.4, 0.5) is 0 Å². The Morgan fingerprint density at radius 2 is 2.00 bits per heavy atom. The molecule has 0 aliphatic carbocycles. The van der Waals surface area contributed by atoms with Crippen molar-refractivity contribution in [1.82, 2.24) is 0 Å². The highest BCUT2D eigenvalue weighted by atomic mass is 32.1. The molecule has 1 nitrogen and oxygen atoms in total. The van der Waals surface area contributed by atoms with Crippen LogP contribution in [0.3, 0.4) is 0 Å². The summed E-state index contributed by atoms with van der Waals surface area (Å²) in [6.07, 6.45) is 0. The van der Waals surface area contributed by atoms with Gasteiger partial charge in [0.25, 0.3) is 4.75 Å². The maximum Gasteiger partial charge on any atom is 0.478 e. The third kappa shape index (κ3) is 2.70. The van der Waals surface area contributed by atoms with Gasteiger partial charge in [0.2, 0.25) is 0 Å². The molecule has 0 rings (SSSR count). The lowest BCUT2D eigenvalue weighted by Gasteiger charge is -1.87. The van der Waals surface area contributed by atoms with Gasteiger partial charge in [0.1, 0.15) is 0 Å². The molecule has 0 aromatic heterocycles. The molecule has 0 bridgehead atoms. The minimum Gasteiger partial charge on any atom is -0.100 e. The molecular weight excluding hydrogens is 120 g/mol. The van der Waals surface area contributed by atoms with E-state index >= 15 is 0 Å². The van der Waals surface area contributed by atoms with Crippen LogP contribution in [0.15, 0.2) is 0 Å². The molecular formula is C6H9OS+. The van der Waals surface area contributed by atoms with E-state index < -0.39 is 4.75 Å². The quantitative estimate of drug-likeness (QED) is 0.384. The van der Waals surface area contributed by atoms with Gasteiger partial charge in [-0.3, -0.25) is 0 Å². The Labute approximate surface area is 54.0 Å². The highest BCUT2D eigenvalue weighted by molar-refractivity contribution is 7.67. The third-order valence-corrected chi connectivity index (χ3v) is 1.15. The van der Waals surface area contributed by atoms with Crippen LogP contribution in [0.5, 0.6) is 0 Å². The molecule has 0 aromatic rings. The second-order valence-corrected chi connectivity index (χ2v) is 3.16. The van der Waals surface area contributed by atoms with Gasteiger partial charge in [-0.25, -0.2) is 0 Å². The molecule has 0 heterocycles. The van der Waals surface area contributed by atoms with Crippen molar-refractivity contribution in [1.29, 1.82) is 0 Å². The van der Waals surface area contributed by atoms with Gasteiger partial charge in [0.15, 0.2) is 0 Å². The average molecular weight is 129 g/mol. The van der Waals surface area contributed by atoms with Gasteiger partial charge >= 0.3 is 11.7 Å². The predicted molar refractivity (Wildman–Crippen MR) is 35.6 cm³/mol. The largest absolute Gasteiger partial charge is 0.478 e. The van der Waals surface area contributed by atoms with Gasteiger partial charge in [-0.15, -0.1) is 5.92 Å². The molecule has 0 aromatic carbocycles. The first kappa shape index (κ1) is 7.58. The summed E-state index contributed by atoms with van der Waals surface area (Å²) in [7, 11) is 0. The van der Waals surface area contributed by atoms with E-state index in [4.69, 9.17) is 0 Å². The van der Waals surface area contributed by atoms with Gasteiger partial charge in [-0.05, 0) is 12.8 Å². The normalized spacial score (nSPS) is 9.38. The van der Waals surface area contributed by atoms with Crippen molar-refractivity contribution in [2.24, 2.45) is 0 Å². The fraction of sp³-hybridized carbons (Fsp3) is 0.667. The first-order valence-corrected chi connectivity index (χ1v) is 3.11. The van der Waals surface area contributed by atoms with Gasteiger partial charge in [0, 0.05) is 18.1 Å². The lowest BCUT2D eigenvalue weighted by atomic mass is 10.2. The summed E-state index contributed by atoms with van der Waals surface area (Å²) in [5, 5.41) is 0. The van der Waals surface area contributed by atoms with Crippen LogP contribution >= 0.6 is 0 Å². The fourth-order valence-corrected chi connectivity index (χ4v) is 0.466. The van der Waals surface area contributed by atoms with E-state index in [0.29, 0.717) is 11.7 Å². The first-order valence-electron chi connectivity index (χ1n) is 2.37. The van der Waals surface area contributed by atoms with Crippen LogP contribution < -0.4 is 0 Å². The molecule has 0 aliphatic heterocycles. The van der Waals surface area contributed by atoms with E-state index in [2.05, 4.69) is 11.8 Å².